The zero-order valence-electron chi connectivity index (χ0n) is 13.2. The molecular weight excluding hydrogens is 230 g/mol. The summed E-state index contributed by atoms with van der Waals surface area (Å²) in [6.45, 7) is 11.8. The predicted octanol–water partition coefficient (Wildman–Crippen LogP) is 4.94. The molecule has 1 fully saturated rings. The highest BCUT2D eigenvalue weighted by atomic mass is 15.0. The van der Waals surface area contributed by atoms with E-state index in [1.165, 1.54) is 24.8 Å². The lowest BCUT2D eigenvalue weighted by Crippen LogP contribution is -2.44. The molecule has 1 N–H and O–H groups in total. The lowest BCUT2D eigenvalue weighted by atomic mass is 9.79. The van der Waals surface area contributed by atoms with E-state index >= 15 is 0 Å². The molecule has 1 aromatic rings. The molecule has 1 nitrogen and oxygen atoms in total. The van der Waals surface area contributed by atoms with E-state index in [4.69, 9.17) is 0 Å². The van der Waals surface area contributed by atoms with Crippen LogP contribution in [0.2, 0.25) is 0 Å². The van der Waals surface area contributed by atoms with Crippen molar-refractivity contribution < 1.29 is 0 Å². The van der Waals surface area contributed by atoms with Gasteiger partial charge in [-0.3, -0.25) is 0 Å². The monoisotopic (exact) mass is 259 g/mol. The van der Waals surface area contributed by atoms with E-state index in [9.17, 15) is 0 Å². The van der Waals surface area contributed by atoms with Gasteiger partial charge in [-0.1, -0.05) is 71.4 Å². The average Bonchev–Trinajstić information content (AvgIpc) is 2.65. The van der Waals surface area contributed by atoms with Crippen molar-refractivity contribution in [1.82, 2.24) is 5.32 Å². The van der Waals surface area contributed by atoms with E-state index in [1.807, 2.05) is 0 Å². The summed E-state index contributed by atoms with van der Waals surface area (Å²) in [6.07, 6.45) is 4.01. The van der Waals surface area contributed by atoms with Gasteiger partial charge in [-0.15, -0.1) is 0 Å². The fraction of sp³-hybridized carbons (Fsp3) is 0.667. The molecule has 106 valence electrons. The summed E-state index contributed by atoms with van der Waals surface area (Å²) < 4.78 is 0. The van der Waals surface area contributed by atoms with Gasteiger partial charge in [0.2, 0.25) is 0 Å². The van der Waals surface area contributed by atoms with E-state index in [0.29, 0.717) is 17.5 Å². The third-order valence-electron chi connectivity index (χ3n) is 4.62. The SMILES string of the molecule is CC(C)(C)C(NC1CCCC1(C)C)c1ccccc1. The lowest BCUT2D eigenvalue weighted by molar-refractivity contribution is 0.194. The Morgan fingerprint density at radius 1 is 1.16 bits per heavy atom. The Bertz CT molecular complexity index is 399. The van der Waals surface area contributed by atoms with Gasteiger partial charge in [0.15, 0.2) is 0 Å². The molecule has 2 unspecified atom stereocenters. The molecule has 0 heterocycles. The average molecular weight is 259 g/mol. The summed E-state index contributed by atoms with van der Waals surface area (Å²) in [5.74, 6) is 0. The summed E-state index contributed by atoms with van der Waals surface area (Å²) >= 11 is 0. The minimum atomic E-state index is 0.236. The maximum Gasteiger partial charge on any atom is 0.0371 e. The highest BCUT2D eigenvalue weighted by Gasteiger charge is 2.38. The molecule has 0 amide bonds. The van der Waals surface area contributed by atoms with Crippen LogP contribution in [0.15, 0.2) is 30.3 Å². The van der Waals surface area contributed by atoms with Crippen LogP contribution in [-0.4, -0.2) is 6.04 Å². The quantitative estimate of drug-likeness (QED) is 0.810. The molecule has 1 aliphatic rings. The zero-order chi connectivity index (χ0) is 14.1. The van der Waals surface area contributed by atoms with Crippen molar-refractivity contribution in [2.24, 2.45) is 10.8 Å². The van der Waals surface area contributed by atoms with Crippen LogP contribution in [-0.2, 0) is 0 Å². The second kappa shape index (κ2) is 5.28. The molecule has 2 rings (SSSR count). The van der Waals surface area contributed by atoms with Crippen molar-refractivity contribution in [1.29, 1.82) is 0 Å². The van der Waals surface area contributed by atoms with Gasteiger partial charge in [-0.05, 0) is 29.2 Å². The Balaban J connectivity index is 2.21. The molecular formula is C18H29N. The first-order valence-electron chi connectivity index (χ1n) is 7.62. The normalized spacial score (nSPS) is 24.4. The first-order valence-corrected chi connectivity index (χ1v) is 7.62. The van der Waals surface area contributed by atoms with Gasteiger partial charge in [0.05, 0.1) is 0 Å². The minimum Gasteiger partial charge on any atom is -0.306 e. The van der Waals surface area contributed by atoms with Crippen molar-refractivity contribution in [2.75, 3.05) is 0 Å². The largest absolute Gasteiger partial charge is 0.306 e. The zero-order valence-corrected chi connectivity index (χ0v) is 13.2. The van der Waals surface area contributed by atoms with Gasteiger partial charge in [0, 0.05) is 12.1 Å². The first-order chi connectivity index (χ1) is 8.81. The Kier molecular flexibility index (Phi) is 4.06. The van der Waals surface area contributed by atoms with Crippen LogP contribution in [0.3, 0.4) is 0 Å². The van der Waals surface area contributed by atoms with Crippen LogP contribution < -0.4 is 5.32 Å². The molecule has 2 atom stereocenters. The van der Waals surface area contributed by atoms with Crippen molar-refractivity contribution >= 4 is 0 Å². The van der Waals surface area contributed by atoms with Crippen LogP contribution >= 0.6 is 0 Å². The molecule has 0 radical (unpaired) electrons. The van der Waals surface area contributed by atoms with Gasteiger partial charge in [-0.25, -0.2) is 0 Å². The smallest absolute Gasteiger partial charge is 0.0371 e. The molecule has 1 saturated carbocycles. The van der Waals surface area contributed by atoms with Gasteiger partial charge in [-0.2, -0.15) is 0 Å². The lowest BCUT2D eigenvalue weighted by Gasteiger charge is -2.38. The van der Waals surface area contributed by atoms with Crippen molar-refractivity contribution in [2.45, 2.75) is 66.0 Å². The molecule has 0 aliphatic heterocycles. The number of benzene rings is 1. The molecule has 1 aliphatic carbocycles. The summed E-state index contributed by atoms with van der Waals surface area (Å²) in [6, 6.07) is 12.0. The highest BCUT2D eigenvalue weighted by molar-refractivity contribution is 5.21. The van der Waals surface area contributed by atoms with Crippen molar-refractivity contribution in [3.05, 3.63) is 35.9 Å². The van der Waals surface area contributed by atoms with Crippen LogP contribution in [0.4, 0.5) is 0 Å². The number of hydrogen-bond acceptors (Lipinski definition) is 1. The molecule has 0 aromatic heterocycles. The topological polar surface area (TPSA) is 12.0 Å². The maximum atomic E-state index is 3.96. The van der Waals surface area contributed by atoms with E-state index in [0.717, 1.165) is 0 Å². The summed E-state index contributed by atoms with van der Waals surface area (Å²) in [7, 11) is 0. The summed E-state index contributed by atoms with van der Waals surface area (Å²) in [5.41, 5.74) is 2.08. The molecule has 0 saturated heterocycles. The fourth-order valence-electron chi connectivity index (χ4n) is 3.33. The Morgan fingerprint density at radius 2 is 1.79 bits per heavy atom. The van der Waals surface area contributed by atoms with E-state index < -0.39 is 0 Å². The van der Waals surface area contributed by atoms with Crippen molar-refractivity contribution in [3.8, 4) is 0 Å². The van der Waals surface area contributed by atoms with Crippen LogP contribution in [0.25, 0.3) is 0 Å². The second-order valence-corrected chi connectivity index (χ2v) is 7.81. The highest BCUT2D eigenvalue weighted by Crippen LogP contribution is 2.41. The summed E-state index contributed by atoms with van der Waals surface area (Å²) in [4.78, 5) is 0. The third-order valence-corrected chi connectivity index (χ3v) is 4.62. The Morgan fingerprint density at radius 3 is 2.26 bits per heavy atom. The van der Waals surface area contributed by atoms with Gasteiger partial charge in [0.25, 0.3) is 0 Å². The molecule has 19 heavy (non-hydrogen) atoms. The van der Waals surface area contributed by atoms with Crippen LogP contribution in [0.1, 0.15) is 65.5 Å². The predicted molar refractivity (Wildman–Crippen MR) is 83.2 cm³/mol. The van der Waals surface area contributed by atoms with Gasteiger partial charge in [0.1, 0.15) is 0 Å². The maximum absolute atomic E-state index is 3.96. The number of rotatable bonds is 3. The summed E-state index contributed by atoms with van der Waals surface area (Å²) in [5, 5.41) is 3.96. The third kappa shape index (κ3) is 3.39. The first kappa shape index (κ1) is 14.6. The van der Waals surface area contributed by atoms with Crippen LogP contribution in [0, 0.1) is 10.8 Å². The number of hydrogen-bond donors (Lipinski definition) is 1. The molecule has 0 bridgehead atoms. The Hall–Kier alpha value is -0.820. The van der Waals surface area contributed by atoms with E-state index in [1.54, 1.807) is 0 Å². The van der Waals surface area contributed by atoms with E-state index in [2.05, 4.69) is 70.3 Å². The standard InChI is InChI=1S/C18H29N/c1-17(2,3)16(14-10-7-6-8-11-14)19-15-12-9-13-18(15,4)5/h6-8,10-11,15-16,19H,9,12-13H2,1-5H3. The van der Waals surface area contributed by atoms with Gasteiger partial charge >= 0.3 is 0 Å². The molecule has 0 spiro atoms. The molecule has 1 aromatic carbocycles. The Labute approximate surface area is 118 Å². The molecule has 1 heteroatoms. The van der Waals surface area contributed by atoms with Gasteiger partial charge < -0.3 is 5.32 Å². The number of nitrogens with one attached hydrogen (secondary N) is 1. The van der Waals surface area contributed by atoms with Crippen LogP contribution in [0.5, 0.6) is 0 Å². The fourth-order valence-corrected chi connectivity index (χ4v) is 3.33. The minimum absolute atomic E-state index is 0.236. The van der Waals surface area contributed by atoms with Crippen molar-refractivity contribution in [3.63, 3.8) is 0 Å². The second-order valence-electron chi connectivity index (χ2n) is 7.81. The van der Waals surface area contributed by atoms with E-state index in [-0.39, 0.29) is 5.41 Å².